The van der Waals surface area contributed by atoms with E-state index in [-0.39, 0.29) is 5.92 Å². The van der Waals surface area contributed by atoms with Crippen LogP contribution in [0.2, 0.25) is 0 Å². The number of anilines is 1. The number of nitrogens with one attached hydrogen (secondary N) is 3. The maximum absolute atomic E-state index is 13.2. The van der Waals surface area contributed by atoms with Crippen LogP contribution in [0.25, 0.3) is 11.0 Å². The van der Waals surface area contributed by atoms with Gasteiger partial charge in [-0.05, 0) is 62.8 Å². The lowest BCUT2D eigenvalue weighted by Gasteiger charge is -2.27. The van der Waals surface area contributed by atoms with Crippen LogP contribution in [0.1, 0.15) is 63.4 Å². The Bertz CT molecular complexity index is 1130. The second-order valence-electron chi connectivity index (χ2n) is 9.54. The number of amides is 3. The molecule has 1 aromatic carbocycles. The van der Waals surface area contributed by atoms with E-state index in [4.69, 9.17) is 10.2 Å². The van der Waals surface area contributed by atoms with Gasteiger partial charge in [-0.1, -0.05) is 32.1 Å². The third-order valence-electron chi connectivity index (χ3n) is 6.71. The molecule has 1 aliphatic carbocycles. The van der Waals surface area contributed by atoms with E-state index in [9.17, 15) is 24.3 Å². The average Bonchev–Trinajstić information content (AvgIpc) is 2.83. The highest BCUT2D eigenvalue weighted by Gasteiger charge is 2.29. The third-order valence-corrected chi connectivity index (χ3v) is 6.71. The molecule has 1 aromatic heterocycles. The first-order valence-electron chi connectivity index (χ1n) is 12.6. The van der Waals surface area contributed by atoms with Gasteiger partial charge in [0.2, 0.25) is 11.8 Å². The summed E-state index contributed by atoms with van der Waals surface area (Å²) in [5, 5.41) is 17.9. The Morgan fingerprint density at radius 1 is 1.06 bits per heavy atom. The molecule has 3 amide bonds. The molecule has 2 unspecified atom stereocenters. The van der Waals surface area contributed by atoms with Gasteiger partial charge in [-0.25, -0.2) is 9.59 Å². The van der Waals surface area contributed by atoms with E-state index in [1.807, 2.05) is 0 Å². The molecule has 0 saturated heterocycles. The van der Waals surface area contributed by atoms with Crippen LogP contribution in [0.3, 0.4) is 0 Å². The molecule has 2 atom stereocenters. The van der Waals surface area contributed by atoms with Crippen molar-refractivity contribution in [1.82, 2.24) is 10.6 Å². The van der Waals surface area contributed by atoms with Gasteiger partial charge >= 0.3 is 11.7 Å². The molecule has 1 aliphatic rings. The Balaban J connectivity index is 1.74. The lowest BCUT2D eigenvalue weighted by Crippen LogP contribution is -2.53. The van der Waals surface area contributed by atoms with Gasteiger partial charge in [0.1, 0.15) is 17.7 Å². The standard InChI is InChI=1S/C26H36N4O6/c1-16-13-23(31)36-22-15-18(10-11-19(16)22)28-24(32)20(9-5-6-12-27)29-25(33)21(30-26(34)35)14-17-7-3-2-4-8-17/h10-11,13,15,17,20-21,30H,2-9,12,14,27H2,1H3,(H,28,32)(H,29,33)(H,34,35). The smallest absolute Gasteiger partial charge is 0.405 e. The van der Waals surface area contributed by atoms with Crippen molar-refractivity contribution in [2.45, 2.75) is 76.8 Å². The van der Waals surface area contributed by atoms with Gasteiger partial charge in [-0.3, -0.25) is 9.59 Å². The molecule has 6 N–H and O–H groups in total. The molecule has 1 saturated carbocycles. The summed E-state index contributed by atoms with van der Waals surface area (Å²) in [5.41, 5.74) is 6.65. The normalized spacial score (nSPS) is 15.7. The van der Waals surface area contributed by atoms with Crippen molar-refractivity contribution in [3.63, 3.8) is 0 Å². The average molecular weight is 501 g/mol. The van der Waals surface area contributed by atoms with Crippen molar-refractivity contribution in [2.75, 3.05) is 11.9 Å². The number of fused-ring (bicyclic) bond motifs is 1. The topological polar surface area (TPSA) is 164 Å². The minimum Gasteiger partial charge on any atom is -0.465 e. The highest BCUT2D eigenvalue weighted by molar-refractivity contribution is 5.99. The highest BCUT2D eigenvalue weighted by atomic mass is 16.4. The summed E-state index contributed by atoms with van der Waals surface area (Å²) in [6.45, 7) is 2.26. The van der Waals surface area contributed by atoms with Gasteiger partial charge in [0.15, 0.2) is 0 Å². The van der Waals surface area contributed by atoms with E-state index in [1.54, 1.807) is 25.1 Å². The Kier molecular flexibility index (Phi) is 9.86. The number of unbranched alkanes of at least 4 members (excludes halogenated alkanes) is 1. The number of hydrogen-bond donors (Lipinski definition) is 5. The van der Waals surface area contributed by atoms with E-state index in [0.29, 0.717) is 43.5 Å². The van der Waals surface area contributed by atoms with Crippen molar-refractivity contribution < 1.29 is 23.9 Å². The summed E-state index contributed by atoms with van der Waals surface area (Å²) in [6.07, 6.45) is 5.98. The molecule has 0 aliphatic heterocycles. The number of hydrogen-bond acceptors (Lipinski definition) is 6. The molecule has 0 radical (unpaired) electrons. The number of benzene rings is 1. The van der Waals surface area contributed by atoms with Crippen LogP contribution in [0, 0.1) is 12.8 Å². The van der Waals surface area contributed by atoms with Crippen molar-refractivity contribution in [3.8, 4) is 0 Å². The lowest BCUT2D eigenvalue weighted by molar-refractivity contribution is -0.128. The largest absolute Gasteiger partial charge is 0.465 e. The van der Waals surface area contributed by atoms with Gasteiger partial charge in [-0.2, -0.15) is 0 Å². The van der Waals surface area contributed by atoms with Crippen LogP contribution >= 0.6 is 0 Å². The maximum atomic E-state index is 13.2. The fourth-order valence-corrected chi connectivity index (χ4v) is 4.80. The molecule has 3 rings (SSSR count). The van der Waals surface area contributed by atoms with Crippen molar-refractivity contribution >= 4 is 34.6 Å². The molecule has 196 valence electrons. The summed E-state index contributed by atoms with van der Waals surface area (Å²) in [5.74, 6) is -0.695. The zero-order valence-electron chi connectivity index (χ0n) is 20.7. The SMILES string of the molecule is Cc1cc(=O)oc2cc(NC(=O)C(CCCCN)NC(=O)C(CC3CCCCC3)NC(=O)O)ccc12. The fraction of sp³-hybridized carbons (Fsp3) is 0.538. The Hall–Kier alpha value is -3.40. The monoisotopic (exact) mass is 500 g/mol. The number of nitrogens with two attached hydrogens (primary N) is 1. The zero-order valence-corrected chi connectivity index (χ0v) is 20.7. The van der Waals surface area contributed by atoms with Crippen molar-refractivity contribution in [2.24, 2.45) is 11.7 Å². The zero-order chi connectivity index (χ0) is 26.1. The summed E-state index contributed by atoms with van der Waals surface area (Å²) in [7, 11) is 0. The Morgan fingerprint density at radius 2 is 1.81 bits per heavy atom. The first-order chi connectivity index (χ1) is 17.3. The minimum absolute atomic E-state index is 0.265. The van der Waals surface area contributed by atoms with E-state index in [1.165, 1.54) is 6.07 Å². The van der Waals surface area contributed by atoms with Crippen LogP contribution in [-0.4, -0.2) is 41.6 Å². The first kappa shape index (κ1) is 27.2. The Morgan fingerprint density at radius 3 is 2.50 bits per heavy atom. The molecule has 0 spiro atoms. The molecule has 1 fully saturated rings. The summed E-state index contributed by atoms with van der Waals surface area (Å²) in [6, 6.07) is 4.60. The van der Waals surface area contributed by atoms with Gasteiger partial charge < -0.3 is 31.2 Å². The van der Waals surface area contributed by atoms with Crippen molar-refractivity contribution in [3.05, 3.63) is 40.2 Å². The molecule has 2 aromatic rings. The van der Waals surface area contributed by atoms with Crippen LogP contribution in [0.4, 0.5) is 10.5 Å². The van der Waals surface area contributed by atoms with Gasteiger partial charge in [0.05, 0.1) is 0 Å². The fourth-order valence-electron chi connectivity index (χ4n) is 4.80. The quantitative estimate of drug-likeness (QED) is 0.233. The number of aryl methyl sites for hydroxylation is 1. The highest BCUT2D eigenvalue weighted by Crippen LogP contribution is 2.27. The van der Waals surface area contributed by atoms with E-state index in [2.05, 4.69) is 16.0 Å². The van der Waals surface area contributed by atoms with Gasteiger partial charge in [0.25, 0.3) is 0 Å². The van der Waals surface area contributed by atoms with Crippen LogP contribution in [0.15, 0.2) is 33.5 Å². The molecular formula is C26H36N4O6. The number of carbonyl (C=O) groups excluding carboxylic acids is 2. The molecule has 36 heavy (non-hydrogen) atoms. The van der Waals surface area contributed by atoms with Crippen LogP contribution in [0.5, 0.6) is 0 Å². The number of carbonyl (C=O) groups is 3. The molecule has 10 nitrogen and oxygen atoms in total. The van der Waals surface area contributed by atoms with E-state index >= 15 is 0 Å². The number of rotatable bonds is 11. The first-order valence-corrected chi connectivity index (χ1v) is 12.6. The number of carboxylic acid groups (broad SMARTS) is 1. The summed E-state index contributed by atoms with van der Waals surface area (Å²) < 4.78 is 5.26. The molecule has 1 heterocycles. The lowest BCUT2D eigenvalue weighted by atomic mass is 9.84. The minimum atomic E-state index is -1.27. The molecule has 0 bridgehead atoms. The maximum Gasteiger partial charge on any atom is 0.405 e. The summed E-state index contributed by atoms with van der Waals surface area (Å²) >= 11 is 0. The second-order valence-corrected chi connectivity index (χ2v) is 9.54. The molecular weight excluding hydrogens is 464 g/mol. The van der Waals surface area contributed by atoms with Crippen LogP contribution in [-0.2, 0) is 9.59 Å². The van der Waals surface area contributed by atoms with Gasteiger partial charge in [0, 0.05) is 23.2 Å². The van der Waals surface area contributed by atoms with Crippen molar-refractivity contribution in [1.29, 1.82) is 0 Å². The predicted molar refractivity (Wildman–Crippen MR) is 137 cm³/mol. The van der Waals surface area contributed by atoms with Gasteiger partial charge in [-0.15, -0.1) is 0 Å². The predicted octanol–water partition coefficient (Wildman–Crippen LogP) is 3.26. The Labute approximate surface area is 210 Å². The van der Waals surface area contributed by atoms with E-state index < -0.39 is 35.6 Å². The second kappa shape index (κ2) is 13.1. The van der Waals surface area contributed by atoms with E-state index in [0.717, 1.165) is 43.1 Å². The van der Waals surface area contributed by atoms with Crippen LogP contribution < -0.4 is 27.3 Å². The summed E-state index contributed by atoms with van der Waals surface area (Å²) in [4.78, 5) is 49.4. The molecule has 10 heteroatoms. The third kappa shape index (κ3) is 7.81.